The van der Waals surface area contributed by atoms with Gasteiger partial charge < -0.3 is 9.88 Å². The summed E-state index contributed by atoms with van der Waals surface area (Å²) in [5.41, 5.74) is 2.60. The van der Waals surface area contributed by atoms with E-state index in [1.54, 1.807) is 0 Å². The lowest BCUT2D eigenvalue weighted by molar-refractivity contribution is 0.999. The molecule has 5 heteroatoms. The minimum absolute atomic E-state index is 0.298. The van der Waals surface area contributed by atoms with E-state index in [-0.39, 0.29) is 5.38 Å². The molecule has 4 nitrogen and oxygen atoms in total. The van der Waals surface area contributed by atoms with E-state index in [0.717, 1.165) is 22.7 Å². The molecule has 0 saturated heterocycles. The zero-order chi connectivity index (χ0) is 14.1. The standard InChI is InChI=1S/C15H15ClN4/c1-20(2)12-9-8-11-14(18-12)19-15(17-11)13(16)10-6-4-3-5-7-10/h3-9,13H,1-2H3,(H,17,18,19). The molecule has 1 N–H and O–H groups in total. The Bertz CT molecular complexity index is 721. The Hall–Kier alpha value is -2.07. The first-order valence-electron chi connectivity index (χ1n) is 6.38. The van der Waals surface area contributed by atoms with Gasteiger partial charge in [-0.15, -0.1) is 11.6 Å². The largest absolute Gasteiger partial charge is 0.363 e. The lowest BCUT2D eigenvalue weighted by Crippen LogP contribution is -2.10. The van der Waals surface area contributed by atoms with Crippen molar-refractivity contribution in [2.75, 3.05) is 19.0 Å². The second-order valence-corrected chi connectivity index (χ2v) is 5.27. The Labute approximate surface area is 122 Å². The minimum atomic E-state index is -0.298. The summed E-state index contributed by atoms with van der Waals surface area (Å²) >= 11 is 6.47. The molecule has 0 bridgehead atoms. The van der Waals surface area contributed by atoms with Gasteiger partial charge in [-0.2, -0.15) is 0 Å². The van der Waals surface area contributed by atoms with Gasteiger partial charge in [0, 0.05) is 14.1 Å². The van der Waals surface area contributed by atoms with Crippen LogP contribution in [0, 0.1) is 0 Å². The van der Waals surface area contributed by atoms with Crippen molar-refractivity contribution in [1.82, 2.24) is 15.0 Å². The molecule has 102 valence electrons. The number of benzene rings is 1. The van der Waals surface area contributed by atoms with Gasteiger partial charge in [-0.25, -0.2) is 9.97 Å². The lowest BCUT2D eigenvalue weighted by atomic mass is 10.1. The van der Waals surface area contributed by atoms with Gasteiger partial charge in [0.2, 0.25) is 0 Å². The van der Waals surface area contributed by atoms with E-state index in [1.807, 2.05) is 61.5 Å². The number of hydrogen-bond acceptors (Lipinski definition) is 3. The maximum Gasteiger partial charge on any atom is 0.179 e. The molecule has 0 aliphatic rings. The number of nitrogens with one attached hydrogen (secondary N) is 1. The Balaban J connectivity index is 2.00. The molecule has 0 saturated carbocycles. The van der Waals surface area contributed by atoms with Crippen molar-refractivity contribution < 1.29 is 0 Å². The van der Waals surface area contributed by atoms with Crippen molar-refractivity contribution in [3.63, 3.8) is 0 Å². The average molecular weight is 287 g/mol. The van der Waals surface area contributed by atoms with Gasteiger partial charge in [-0.3, -0.25) is 0 Å². The molecule has 2 heterocycles. The van der Waals surface area contributed by atoms with Crippen LogP contribution in [0.3, 0.4) is 0 Å². The molecular formula is C15H15ClN4. The predicted octanol–water partition coefficient (Wildman–Crippen LogP) is 3.35. The van der Waals surface area contributed by atoms with Crippen LogP contribution < -0.4 is 4.90 Å². The van der Waals surface area contributed by atoms with Crippen LogP contribution in [0.15, 0.2) is 42.5 Å². The number of hydrogen-bond donors (Lipinski definition) is 1. The topological polar surface area (TPSA) is 44.8 Å². The molecule has 0 aliphatic heterocycles. The molecule has 1 unspecified atom stereocenters. The summed E-state index contributed by atoms with van der Waals surface area (Å²) in [7, 11) is 3.91. The van der Waals surface area contributed by atoms with Gasteiger partial charge in [0.25, 0.3) is 0 Å². The number of halogens is 1. The first kappa shape index (κ1) is 12.9. The van der Waals surface area contributed by atoms with Crippen molar-refractivity contribution in [2.24, 2.45) is 0 Å². The van der Waals surface area contributed by atoms with Gasteiger partial charge in [0.15, 0.2) is 5.65 Å². The summed E-state index contributed by atoms with van der Waals surface area (Å²) in [6.45, 7) is 0. The summed E-state index contributed by atoms with van der Waals surface area (Å²) in [4.78, 5) is 14.2. The van der Waals surface area contributed by atoms with E-state index in [4.69, 9.17) is 11.6 Å². The van der Waals surface area contributed by atoms with Crippen LogP contribution >= 0.6 is 11.6 Å². The molecule has 3 rings (SSSR count). The summed E-state index contributed by atoms with van der Waals surface area (Å²) in [6.07, 6.45) is 0. The first-order chi connectivity index (χ1) is 9.65. The number of fused-ring (bicyclic) bond motifs is 1. The quantitative estimate of drug-likeness (QED) is 0.751. The second kappa shape index (κ2) is 5.13. The monoisotopic (exact) mass is 286 g/mol. The molecule has 0 aliphatic carbocycles. The molecule has 0 spiro atoms. The number of anilines is 1. The fourth-order valence-electron chi connectivity index (χ4n) is 2.05. The van der Waals surface area contributed by atoms with Gasteiger partial charge in [0.05, 0.1) is 5.52 Å². The van der Waals surface area contributed by atoms with Crippen molar-refractivity contribution >= 4 is 28.6 Å². The molecule has 0 amide bonds. The summed E-state index contributed by atoms with van der Waals surface area (Å²) < 4.78 is 0. The lowest BCUT2D eigenvalue weighted by Gasteiger charge is -2.09. The second-order valence-electron chi connectivity index (χ2n) is 4.83. The Morgan fingerprint density at radius 3 is 2.50 bits per heavy atom. The van der Waals surface area contributed by atoms with E-state index in [9.17, 15) is 0 Å². The van der Waals surface area contributed by atoms with Crippen LogP contribution in [-0.4, -0.2) is 29.0 Å². The van der Waals surface area contributed by atoms with Crippen LogP contribution in [0.25, 0.3) is 11.2 Å². The molecule has 0 fully saturated rings. The first-order valence-corrected chi connectivity index (χ1v) is 6.82. The van der Waals surface area contributed by atoms with Gasteiger partial charge >= 0.3 is 0 Å². The maximum atomic E-state index is 6.47. The van der Waals surface area contributed by atoms with Crippen molar-refractivity contribution in [1.29, 1.82) is 0 Å². The highest BCUT2D eigenvalue weighted by Gasteiger charge is 2.15. The third kappa shape index (κ3) is 2.34. The third-order valence-electron chi connectivity index (χ3n) is 3.14. The molecule has 1 aromatic carbocycles. The van der Waals surface area contributed by atoms with Crippen molar-refractivity contribution in [2.45, 2.75) is 5.38 Å². The van der Waals surface area contributed by atoms with E-state index < -0.39 is 0 Å². The number of nitrogens with zero attached hydrogens (tertiary/aromatic N) is 3. The number of rotatable bonds is 3. The van der Waals surface area contributed by atoms with Crippen molar-refractivity contribution in [3.05, 3.63) is 53.9 Å². The number of aromatic amines is 1. The maximum absolute atomic E-state index is 6.47. The van der Waals surface area contributed by atoms with Crippen LogP contribution in [0.1, 0.15) is 16.8 Å². The van der Waals surface area contributed by atoms with E-state index in [1.165, 1.54) is 0 Å². The van der Waals surface area contributed by atoms with Crippen LogP contribution in [-0.2, 0) is 0 Å². The van der Waals surface area contributed by atoms with E-state index >= 15 is 0 Å². The minimum Gasteiger partial charge on any atom is -0.363 e. The Kier molecular flexibility index (Phi) is 3.32. The normalized spacial score (nSPS) is 12.6. The molecule has 1 atom stereocenters. The number of aromatic nitrogens is 3. The predicted molar refractivity (Wildman–Crippen MR) is 82.4 cm³/mol. The van der Waals surface area contributed by atoms with Crippen LogP contribution in [0.4, 0.5) is 5.82 Å². The highest BCUT2D eigenvalue weighted by atomic mass is 35.5. The average Bonchev–Trinajstić information content (AvgIpc) is 2.90. The zero-order valence-electron chi connectivity index (χ0n) is 11.3. The van der Waals surface area contributed by atoms with E-state index in [2.05, 4.69) is 15.0 Å². The molecule has 2 aromatic heterocycles. The van der Waals surface area contributed by atoms with Crippen LogP contribution in [0.5, 0.6) is 0 Å². The van der Waals surface area contributed by atoms with Crippen molar-refractivity contribution in [3.8, 4) is 0 Å². The fraction of sp³-hybridized carbons (Fsp3) is 0.200. The van der Waals surface area contributed by atoms with E-state index in [0.29, 0.717) is 5.65 Å². The number of pyridine rings is 1. The Morgan fingerprint density at radius 2 is 1.80 bits per heavy atom. The smallest absolute Gasteiger partial charge is 0.179 e. The summed E-state index contributed by atoms with van der Waals surface area (Å²) in [5, 5.41) is -0.298. The number of H-pyrrole nitrogens is 1. The van der Waals surface area contributed by atoms with Gasteiger partial charge in [0.1, 0.15) is 17.0 Å². The van der Waals surface area contributed by atoms with Gasteiger partial charge in [-0.05, 0) is 17.7 Å². The number of alkyl halides is 1. The highest BCUT2D eigenvalue weighted by Crippen LogP contribution is 2.28. The molecular weight excluding hydrogens is 272 g/mol. The summed E-state index contributed by atoms with van der Waals surface area (Å²) in [5.74, 6) is 1.60. The molecule has 20 heavy (non-hydrogen) atoms. The third-order valence-corrected chi connectivity index (χ3v) is 3.60. The highest BCUT2D eigenvalue weighted by molar-refractivity contribution is 6.22. The van der Waals surface area contributed by atoms with Crippen LogP contribution in [0.2, 0.25) is 0 Å². The molecule has 0 radical (unpaired) electrons. The SMILES string of the molecule is CN(C)c1ccc2[nH]c(C(Cl)c3ccccc3)nc2n1. The molecule has 3 aromatic rings. The zero-order valence-corrected chi connectivity index (χ0v) is 12.1. The Morgan fingerprint density at radius 1 is 1.05 bits per heavy atom. The van der Waals surface area contributed by atoms with Gasteiger partial charge in [-0.1, -0.05) is 30.3 Å². The summed E-state index contributed by atoms with van der Waals surface area (Å²) in [6, 6.07) is 13.8. The number of imidazole rings is 1. The fourth-order valence-corrected chi connectivity index (χ4v) is 2.30.